The van der Waals surface area contributed by atoms with Gasteiger partial charge in [-0.1, -0.05) is 11.6 Å². The summed E-state index contributed by atoms with van der Waals surface area (Å²) in [5.41, 5.74) is 5.96. The molecule has 24 heavy (non-hydrogen) atoms. The van der Waals surface area contributed by atoms with Gasteiger partial charge in [0, 0.05) is 35.3 Å². The van der Waals surface area contributed by atoms with Gasteiger partial charge >= 0.3 is 0 Å². The van der Waals surface area contributed by atoms with Crippen LogP contribution >= 0.6 is 11.6 Å². The summed E-state index contributed by atoms with van der Waals surface area (Å²) in [6, 6.07) is 2.57. The molecule has 5 nitrogen and oxygen atoms in total. The van der Waals surface area contributed by atoms with Crippen molar-refractivity contribution in [3.8, 4) is 11.1 Å². The van der Waals surface area contributed by atoms with E-state index in [2.05, 4.69) is 27.1 Å². The Balaban J connectivity index is 1.59. The predicted octanol–water partition coefficient (Wildman–Crippen LogP) is 3.62. The number of fused-ring (bicyclic) bond motifs is 1. The predicted molar refractivity (Wildman–Crippen MR) is 95.4 cm³/mol. The Morgan fingerprint density at radius 1 is 1.25 bits per heavy atom. The molecule has 1 aliphatic heterocycles. The van der Waals surface area contributed by atoms with E-state index < -0.39 is 0 Å². The summed E-state index contributed by atoms with van der Waals surface area (Å²) in [5, 5.41) is 17.2. The van der Waals surface area contributed by atoms with Gasteiger partial charge in [0.05, 0.1) is 29.0 Å². The highest BCUT2D eigenvalue weighted by molar-refractivity contribution is 6.35. The van der Waals surface area contributed by atoms with Gasteiger partial charge in [-0.25, -0.2) is 0 Å². The van der Waals surface area contributed by atoms with Crippen molar-refractivity contribution in [1.29, 1.82) is 0 Å². The van der Waals surface area contributed by atoms with Crippen LogP contribution in [0.2, 0.25) is 5.02 Å². The minimum Gasteiger partial charge on any atom is -0.316 e. The average Bonchev–Trinajstić information content (AvgIpc) is 3.06. The number of halogens is 1. The maximum Gasteiger partial charge on any atom is 0.0660 e. The van der Waals surface area contributed by atoms with E-state index in [4.69, 9.17) is 16.7 Å². The first-order chi connectivity index (χ1) is 11.6. The molecule has 1 spiro atoms. The standard InChI is InChI=1S/C18H20ClN5/c1-10-3-15-14(6-21-23-15)16(17(10)19)13-7-22-24(11(13)2)12-4-18(5-12)8-20-9-18/h3,6-7,12,20H,4-5,8-9H2,1-2H3,(H,21,23). The Bertz CT molecular complexity index is 942. The Kier molecular flexibility index (Phi) is 2.92. The van der Waals surface area contributed by atoms with Crippen molar-refractivity contribution in [2.45, 2.75) is 32.7 Å². The quantitative estimate of drug-likeness (QED) is 0.748. The minimum absolute atomic E-state index is 0.518. The van der Waals surface area contributed by atoms with Gasteiger partial charge in [-0.2, -0.15) is 10.2 Å². The summed E-state index contributed by atoms with van der Waals surface area (Å²) in [6.07, 6.45) is 6.27. The lowest BCUT2D eigenvalue weighted by molar-refractivity contribution is 0.00155. The van der Waals surface area contributed by atoms with Crippen molar-refractivity contribution in [3.05, 3.63) is 34.7 Å². The molecule has 1 aromatic carbocycles. The summed E-state index contributed by atoms with van der Waals surface area (Å²) in [7, 11) is 0. The van der Waals surface area contributed by atoms with E-state index >= 15 is 0 Å². The summed E-state index contributed by atoms with van der Waals surface area (Å²) in [5.74, 6) is 0. The molecule has 2 N–H and O–H groups in total. The van der Waals surface area contributed by atoms with Gasteiger partial charge in [-0.15, -0.1) is 0 Å². The molecular weight excluding hydrogens is 322 g/mol. The van der Waals surface area contributed by atoms with E-state index in [1.165, 1.54) is 18.5 Å². The first-order valence-corrected chi connectivity index (χ1v) is 8.83. The van der Waals surface area contributed by atoms with E-state index in [-0.39, 0.29) is 0 Å². The van der Waals surface area contributed by atoms with Gasteiger partial charge in [-0.3, -0.25) is 9.78 Å². The fourth-order valence-electron chi connectivity index (χ4n) is 4.38. The van der Waals surface area contributed by atoms with Crippen molar-refractivity contribution in [1.82, 2.24) is 25.3 Å². The molecule has 3 heterocycles. The van der Waals surface area contributed by atoms with Crippen LogP contribution in [0, 0.1) is 19.3 Å². The Hall–Kier alpha value is -1.85. The van der Waals surface area contributed by atoms with Gasteiger partial charge in [-0.05, 0) is 43.7 Å². The zero-order valence-corrected chi connectivity index (χ0v) is 14.6. The first kappa shape index (κ1) is 14.5. The third kappa shape index (κ3) is 1.85. The molecule has 0 radical (unpaired) electrons. The van der Waals surface area contributed by atoms with Crippen molar-refractivity contribution in [2.75, 3.05) is 13.1 Å². The third-order valence-electron chi connectivity index (χ3n) is 5.86. The number of H-pyrrole nitrogens is 1. The average molecular weight is 342 g/mol. The van der Waals surface area contributed by atoms with Gasteiger partial charge < -0.3 is 5.32 Å². The maximum atomic E-state index is 6.66. The van der Waals surface area contributed by atoms with Crippen LogP contribution in [0.25, 0.3) is 22.0 Å². The van der Waals surface area contributed by atoms with E-state index in [9.17, 15) is 0 Å². The van der Waals surface area contributed by atoms with Crippen LogP contribution in [-0.2, 0) is 0 Å². The van der Waals surface area contributed by atoms with E-state index in [0.717, 1.165) is 45.7 Å². The van der Waals surface area contributed by atoms with E-state index in [1.807, 2.05) is 25.4 Å². The Morgan fingerprint density at radius 2 is 2.04 bits per heavy atom. The highest BCUT2D eigenvalue weighted by atomic mass is 35.5. The van der Waals surface area contributed by atoms with Crippen LogP contribution in [-0.4, -0.2) is 33.1 Å². The largest absolute Gasteiger partial charge is 0.316 e. The van der Waals surface area contributed by atoms with Crippen LogP contribution in [0.4, 0.5) is 0 Å². The number of aromatic nitrogens is 4. The summed E-state index contributed by atoms with van der Waals surface area (Å²) in [4.78, 5) is 0. The number of benzene rings is 1. The fourth-order valence-corrected chi connectivity index (χ4v) is 4.64. The van der Waals surface area contributed by atoms with E-state index in [0.29, 0.717) is 11.5 Å². The van der Waals surface area contributed by atoms with Crippen LogP contribution in [0.15, 0.2) is 18.5 Å². The molecule has 0 unspecified atom stereocenters. The molecule has 3 aromatic rings. The molecule has 2 aliphatic rings. The number of aromatic amines is 1. The number of hydrogen-bond donors (Lipinski definition) is 2. The molecule has 0 bridgehead atoms. The van der Waals surface area contributed by atoms with Crippen molar-refractivity contribution in [2.24, 2.45) is 5.41 Å². The Morgan fingerprint density at radius 3 is 2.75 bits per heavy atom. The molecule has 2 fully saturated rings. The molecule has 124 valence electrons. The number of nitrogens with one attached hydrogen (secondary N) is 2. The smallest absolute Gasteiger partial charge is 0.0660 e. The number of nitrogens with zero attached hydrogens (tertiary/aromatic N) is 3. The molecule has 0 amide bonds. The molecular formula is C18H20ClN5. The summed E-state index contributed by atoms with van der Waals surface area (Å²) >= 11 is 6.66. The van der Waals surface area contributed by atoms with Crippen LogP contribution in [0.5, 0.6) is 0 Å². The third-order valence-corrected chi connectivity index (χ3v) is 6.35. The highest BCUT2D eigenvalue weighted by Gasteiger charge is 2.49. The zero-order chi connectivity index (χ0) is 16.5. The van der Waals surface area contributed by atoms with Gasteiger partial charge in [0.15, 0.2) is 0 Å². The summed E-state index contributed by atoms with van der Waals surface area (Å²) in [6.45, 7) is 6.51. The minimum atomic E-state index is 0.518. The molecule has 1 saturated carbocycles. The first-order valence-electron chi connectivity index (χ1n) is 8.45. The molecule has 2 aromatic heterocycles. The van der Waals surface area contributed by atoms with E-state index in [1.54, 1.807) is 0 Å². The van der Waals surface area contributed by atoms with Gasteiger partial charge in [0.1, 0.15) is 0 Å². The Labute approximate surface area is 145 Å². The fraction of sp³-hybridized carbons (Fsp3) is 0.444. The molecule has 6 heteroatoms. The normalized spacial score (nSPS) is 19.6. The molecule has 1 aliphatic carbocycles. The number of rotatable bonds is 2. The number of hydrogen-bond acceptors (Lipinski definition) is 3. The summed E-state index contributed by atoms with van der Waals surface area (Å²) < 4.78 is 2.20. The number of aryl methyl sites for hydroxylation is 1. The molecule has 5 rings (SSSR count). The second-order valence-corrected chi connectivity index (χ2v) is 7.85. The SMILES string of the molecule is Cc1cc2[nH]ncc2c(-c2cnn(C3CC4(CNC4)C3)c2C)c1Cl. The van der Waals surface area contributed by atoms with Crippen LogP contribution in [0.1, 0.15) is 30.1 Å². The lowest BCUT2D eigenvalue weighted by atomic mass is 9.61. The molecule has 0 atom stereocenters. The van der Waals surface area contributed by atoms with Crippen molar-refractivity contribution < 1.29 is 0 Å². The lowest BCUT2D eigenvalue weighted by Crippen LogP contribution is -2.60. The zero-order valence-electron chi connectivity index (χ0n) is 13.9. The van der Waals surface area contributed by atoms with Gasteiger partial charge in [0.25, 0.3) is 0 Å². The van der Waals surface area contributed by atoms with Gasteiger partial charge in [0.2, 0.25) is 0 Å². The monoisotopic (exact) mass is 341 g/mol. The topological polar surface area (TPSA) is 58.5 Å². The van der Waals surface area contributed by atoms with Crippen LogP contribution in [0.3, 0.4) is 0 Å². The second-order valence-electron chi connectivity index (χ2n) is 7.47. The maximum absolute atomic E-state index is 6.66. The molecule has 1 saturated heterocycles. The highest BCUT2D eigenvalue weighted by Crippen LogP contribution is 2.51. The van der Waals surface area contributed by atoms with Crippen LogP contribution < -0.4 is 5.32 Å². The lowest BCUT2D eigenvalue weighted by Gasteiger charge is -2.54. The van der Waals surface area contributed by atoms with Crippen molar-refractivity contribution in [3.63, 3.8) is 0 Å². The van der Waals surface area contributed by atoms with Crippen molar-refractivity contribution >= 4 is 22.5 Å². The second kappa shape index (κ2) is 4.83.